The smallest absolute Gasteiger partial charge is 0.251 e. The van der Waals surface area contributed by atoms with E-state index in [0.717, 1.165) is 24.0 Å². The Morgan fingerprint density at radius 2 is 2.00 bits per heavy atom. The van der Waals surface area contributed by atoms with Gasteiger partial charge >= 0.3 is 0 Å². The van der Waals surface area contributed by atoms with Crippen LogP contribution in [0.15, 0.2) is 36.5 Å². The lowest BCUT2D eigenvalue weighted by molar-refractivity contribution is 0.0950. The molecule has 0 saturated carbocycles. The van der Waals surface area contributed by atoms with E-state index in [2.05, 4.69) is 16.4 Å². The number of ether oxygens (including phenoxy) is 1. The van der Waals surface area contributed by atoms with Crippen LogP contribution in [0.25, 0.3) is 0 Å². The number of methoxy groups -OCH3 is 1. The summed E-state index contributed by atoms with van der Waals surface area (Å²) in [6.07, 6.45) is 6.40. The van der Waals surface area contributed by atoms with Gasteiger partial charge < -0.3 is 10.1 Å². The summed E-state index contributed by atoms with van der Waals surface area (Å²) in [5.74, 6) is 0.536. The largest absolute Gasteiger partial charge is 0.481 e. The summed E-state index contributed by atoms with van der Waals surface area (Å²) < 4.78 is 5.02. The number of hydrogen-bond acceptors (Lipinski definition) is 3. The molecule has 1 N–H and O–H groups in total. The molecule has 1 amide bonds. The molecule has 0 saturated heterocycles. The van der Waals surface area contributed by atoms with Crippen molar-refractivity contribution in [2.75, 3.05) is 7.11 Å². The normalized spacial score (nSPS) is 13.3. The van der Waals surface area contributed by atoms with Crippen molar-refractivity contribution in [3.63, 3.8) is 0 Å². The summed E-state index contributed by atoms with van der Waals surface area (Å²) >= 11 is 0. The molecule has 4 heteroatoms. The molecule has 1 aliphatic rings. The van der Waals surface area contributed by atoms with E-state index in [1.165, 1.54) is 24.0 Å². The maximum absolute atomic E-state index is 12.3. The predicted molar refractivity (Wildman–Crippen MR) is 85.0 cm³/mol. The number of pyridine rings is 1. The first-order valence-electron chi connectivity index (χ1n) is 7.65. The fourth-order valence-corrected chi connectivity index (χ4v) is 2.80. The van der Waals surface area contributed by atoms with Crippen molar-refractivity contribution >= 4 is 5.91 Å². The lowest BCUT2D eigenvalue weighted by Gasteiger charge is -2.16. The van der Waals surface area contributed by atoms with Crippen LogP contribution in [0.1, 0.15) is 39.9 Å². The Morgan fingerprint density at radius 1 is 1.18 bits per heavy atom. The van der Waals surface area contributed by atoms with Crippen LogP contribution in [0.5, 0.6) is 5.88 Å². The number of nitrogens with one attached hydrogen (secondary N) is 1. The zero-order valence-electron chi connectivity index (χ0n) is 12.8. The lowest BCUT2D eigenvalue weighted by atomic mass is 9.90. The molecule has 114 valence electrons. The molecule has 1 aliphatic carbocycles. The molecular weight excluding hydrogens is 276 g/mol. The van der Waals surface area contributed by atoms with Gasteiger partial charge in [-0.25, -0.2) is 4.98 Å². The van der Waals surface area contributed by atoms with E-state index in [1.807, 2.05) is 18.2 Å². The average molecular weight is 296 g/mol. The number of fused-ring (bicyclic) bond motifs is 1. The highest BCUT2D eigenvalue weighted by molar-refractivity contribution is 5.94. The van der Waals surface area contributed by atoms with Gasteiger partial charge in [0.2, 0.25) is 5.88 Å². The Balaban J connectivity index is 1.64. The molecule has 22 heavy (non-hydrogen) atoms. The lowest BCUT2D eigenvalue weighted by Crippen LogP contribution is -2.23. The number of carbonyl (C=O) groups is 1. The minimum atomic E-state index is -0.0378. The maximum atomic E-state index is 12.3. The van der Waals surface area contributed by atoms with Crippen molar-refractivity contribution in [2.24, 2.45) is 0 Å². The van der Waals surface area contributed by atoms with Gasteiger partial charge in [-0.15, -0.1) is 0 Å². The molecule has 0 radical (unpaired) electrons. The van der Waals surface area contributed by atoms with Gasteiger partial charge in [-0.2, -0.15) is 0 Å². The standard InChI is InChI=1S/C18H20N2O2/c1-22-17-9-6-13(11-19-17)12-20-18(21)16-8-7-14-4-2-3-5-15(14)10-16/h6-11H,2-5,12H2,1H3,(H,20,21). The van der Waals surface area contributed by atoms with Crippen LogP contribution in [0, 0.1) is 0 Å². The van der Waals surface area contributed by atoms with Gasteiger partial charge in [-0.1, -0.05) is 12.1 Å². The molecule has 0 unspecified atom stereocenters. The molecule has 4 nitrogen and oxygen atoms in total. The van der Waals surface area contributed by atoms with E-state index in [4.69, 9.17) is 4.74 Å². The number of benzene rings is 1. The summed E-state index contributed by atoms with van der Waals surface area (Å²) in [4.78, 5) is 16.4. The van der Waals surface area contributed by atoms with Gasteiger partial charge in [-0.05, 0) is 54.5 Å². The monoisotopic (exact) mass is 296 g/mol. The number of nitrogens with zero attached hydrogens (tertiary/aromatic N) is 1. The quantitative estimate of drug-likeness (QED) is 0.944. The zero-order valence-corrected chi connectivity index (χ0v) is 12.8. The SMILES string of the molecule is COc1ccc(CNC(=O)c2ccc3c(c2)CCCC3)cn1. The third kappa shape index (κ3) is 3.27. The third-order valence-corrected chi connectivity index (χ3v) is 4.07. The van der Waals surface area contributed by atoms with E-state index in [-0.39, 0.29) is 5.91 Å². The van der Waals surface area contributed by atoms with Gasteiger partial charge in [0.1, 0.15) is 0 Å². The second-order valence-corrected chi connectivity index (χ2v) is 5.58. The Bertz CT molecular complexity index is 665. The molecule has 0 fully saturated rings. The maximum Gasteiger partial charge on any atom is 0.251 e. The number of hydrogen-bond donors (Lipinski definition) is 1. The molecular formula is C18H20N2O2. The first-order valence-corrected chi connectivity index (χ1v) is 7.65. The number of aryl methyl sites for hydroxylation is 2. The number of amides is 1. The van der Waals surface area contributed by atoms with Crippen LogP contribution in [0.3, 0.4) is 0 Å². The molecule has 0 aliphatic heterocycles. The topological polar surface area (TPSA) is 51.2 Å². The third-order valence-electron chi connectivity index (χ3n) is 4.07. The molecule has 2 aromatic rings. The van der Waals surface area contributed by atoms with Gasteiger partial charge in [0.15, 0.2) is 0 Å². The number of aromatic nitrogens is 1. The van der Waals surface area contributed by atoms with Crippen LogP contribution in [0.4, 0.5) is 0 Å². The molecule has 3 rings (SSSR count). The Labute approximate surface area is 130 Å². The van der Waals surface area contributed by atoms with E-state index in [9.17, 15) is 4.79 Å². The second-order valence-electron chi connectivity index (χ2n) is 5.58. The van der Waals surface area contributed by atoms with Crippen LogP contribution in [-0.4, -0.2) is 18.0 Å². The van der Waals surface area contributed by atoms with Crippen molar-refractivity contribution in [2.45, 2.75) is 32.2 Å². The predicted octanol–water partition coefficient (Wildman–Crippen LogP) is 2.90. The van der Waals surface area contributed by atoms with Crippen molar-refractivity contribution in [1.29, 1.82) is 0 Å². The van der Waals surface area contributed by atoms with Crippen LogP contribution in [-0.2, 0) is 19.4 Å². The van der Waals surface area contributed by atoms with Crippen LogP contribution in [0.2, 0.25) is 0 Å². The Hall–Kier alpha value is -2.36. The summed E-state index contributed by atoms with van der Waals surface area (Å²) in [7, 11) is 1.58. The molecule has 1 heterocycles. The first kappa shape index (κ1) is 14.6. The molecule has 1 aromatic carbocycles. The van der Waals surface area contributed by atoms with Crippen LogP contribution < -0.4 is 10.1 Å². The highest BCUT2D eigenvalue weighted by Gasteiger charge is 2.12. The fourth-order valence-electron chi connectivity index (χ4n) is 2.80. The second kappa shape index (κ2) is 6.60. The molecule has 0 bridgehead atoms. The van der Waals surface area contributed by atoms with Crippen molar-refractivity contribution in [3.8, 4) is 5.88 Å². The van der Waals surface area contributed by atoms with Crippen LogP contribution >= 0.6 is 0 Å². The Morgan fingerprint density at radius 3 is 2.73 bits per heavy atom. The van der Waals surface area contributed by atoms with Crippen molar-refractivity contribution < 1.29 is 9.53 Å². The minimum absolute atomic E-state index is 0.0378. The van der Waals surface area contributed by atoms with Gasteiger partial charge in [0.25, 0.3) is 5.91 Å². The van der Waals surface area contributed by atoms with E-state index < -0.39 is 0 Å². The Kier molecular flexibility index (Phi) is 4.37. The molecule has 0 atom stereocenters. The van der Waals surface area contributed by atoms with E-state index in [0.29, 0.717) is 12.4 Å². The van der Waals surface area contributed by atoms with Crippen molar-refractivity contribution in [3.05, 3.63) is 58.8 Å². The minimum Gasteiger partial charge on any atom is -0.481 e. The van der Waals surface area contributed by atoms with Gasteiger partial charge in [0, 0.05) is 24.4 Å². The molecule has 0 spiro atoms. The first-order chi connectivity index (χ1) is 10.8. The fraction of sp³-hybridized carbons (Fsp3) is 0.333. The summed E-state index contributed by atoms with van der Waals surface area (Å²) in [6, 6.07) is 9.75. The highest BCUT2D eigenvalue weighted by atomic mass is 16.5. The zero-order chi connectivity index (χ0) is 15.4. The highest BCUT2D eigenvalue weighted by Crippen LogP contribution is 2.22. The summed E-state index contributed by atoms with van der Waals surface area (Å²) in [5.41, 5.74) is 4.40. The number of rotatable bonds is 4. The molecule has 1 aromatic heterocycles. The van der Waals surface area contributed by atoms with Crippen molar-refractivity contribution in [1.82, 2.24) is 10.3 Å². The average Bonchev–Trinajstić information content (AvgIpc) is 2.59. The van der Waals surface area contributed by atoms with E-state index >= 15 is 0 Å². The van der Waals surface area contributed by atoms with E-state index in [1.54, 1.807) is 19.4 Å². The summed E-state index contributed by atoms with van der Waals surface area (Å²) in [5, 5.41) is 2.94. The summed E-state index contributed by atoms with van der Waals surface area (Å²) in [6.45, 7) is 0.465. The number of carbonyl (C=O) groups excluding carboxylic acids is 1. The van der Waals surface area contributed by atoms with Gasteiger partial charge in [0.05, 0.1) is 7.11 Å². The van der Waals surface area contributed by atoms with Gasteiger partial charge in [-0.3, -0.25) is 4.79 Å².